The van der Waals surface area contributed by atoms with Crippen LogP contribution in [0.1, 0.15) is 22.5 Å². The van der Waals surface area contributed by atoms with Gasteiger partial charge in [-0.05, 0) is 13.0 Å². The van der Waals surface area contributed by atoms with Gasteiger partial charge in [-0.1, -0.05) is 6.07 Å². The molecule has 0 saturated carbocycles. The molecule has 138 valence electrons. The molecule has 8 heteroatoms. The summed E-state index contributed by atoms with van der Waals surface area (Å²) in [6.45, 7) is 2.77. The number of pyridine rings is 1. The number of aromatic nitrogens is 3. The van der Waals surface area contributed by atoms with Crippen molar-refractivity contribution in [2.45, 2.75) is 25.5 Å². The number of carbonyl (C=O) groups excluding carboxylic acids is 1. The number of amides is 1. The number of anilines is 1. The van der Waals surface area contributed by atoms with Crippen LogP contribution in [-0.2, 0) is 4.74 Å². The molecule has 1 aliphatic rings. The van der Waals surface area contributed by atoms with E-state index < -0.39 is 0 Å². The second-order valence-electron chi connectivity index (χ2n) is 6.33. The Labute approximate surface area is 152 Å². The minimum Gasteiger partial charge on any atom is -0.472 e. The molecular formula is C18H23N5O3. The second-order valence-corrected chi connectivity index (χ2v) is 6.33. The zero-order valence-electron chi connectivity index (χ0n) is 15.2. The fraction of sp³-hybridized carbons (Fsp3) is 0.444. The largest absolute Gasteiger partial charge is 0.472 e. The zero-order chi connectivity index (χ0) is 18.5. The lowest BCUT2D eigenvalue weighted by Crippen LogP contribution is -2.52. The monoisotopic (exact) mass is 357 g/mol. The van der Waals surface area contributed by atoms with E-state index in [1.165, 1.54) is 0 Å². The van der Waals surface area contributed by atoms with Crippen LogP contribution in [-0.4, -0.2) is 60.3 Å². The predicted octanol–water partition coefficient (Wildman–Crippen LogP) is 1.21. The molecule has 26 heavy (non-hydrogen) atoms. The van der Waals surface area contributed by atoms with E-state index in [1.807, 2.05) is 26.2 Å². The summed E-state index contributed by atoms with van der Waals surface area (Å²) in [4.78, 5) is 27.2. The average Bonchev–Trinajstić information content (AvgIpc) is 2.64. The maximum atomic E-state index is 12.7. The second kappa shape index (κ2) is 8.09. The molecule has 0 bridgehead atoms. The number of hydrogen-bond donors (Lipinski definition) is 1. The molecule has 3 rings (SSSR count). The van der Waals surface area contributed by atoms with Crippen LogP contribution < -0.4 is 15.0 Å². The van der Waals surface area contributed by atoms with Gasteiger partial charge in [0.25, 0.3) is 5.91 Å². The minimum absolute atomic E-state index is 0.204. The van der Waals surface area contributed by atoms with E-state index in [9.17, 15) is 4.79 Å². The van der Waals surface area contributed by atoms with Crippen molar-refractivity contribution in [2.24, 2.45) is 0 Å². The first kappa shape index (κ1) is 18.1. The van der Waals surface area contributed by atoms with Crippen LogP contribution >= 0.6 is 0 Å². The third kappa shape index (κ3) is 4.26. The number of aryl methyl sites for hydroxylation is 1. The lowest BCUT2D eigenvalue weighted by Gasteiger charge is -2.32. The van der Waals surface area contributed by atoms with Gasteiger partial charge in [-0.25, -0.2) is 15.0 Å². The lowest BCUT2D eigenvalue weighted by atomic mass is 10.1. The molecule has 0 radical (unpaired) electrons. The highest BCUT2D eigenvalue weighted by molar-refractivity contribution is 5.95. The van der Waals surface area contributed by atoms with Gasteiger partial charge in [0.15, 0.2) is 0 Å². The summed E-state index contributed by atoms with van der Waals surface area (Å²) in [7, 11) is 3.71. The molecule has 1 aliphatic heterocycles. The maximum absolute atomic E-state index is 12.7. The topological polar surface area (TPSA) is 89.5 Å². The normalized spacial score (nSPS) is 19.7. The number of nitrogens with one attached hydrogen (secondary N) is 1. The Hall–Kier alpha value is -2.74. The number of hydrogen-bond acceptors (Lipinski definition) is 7. The molecule has 0 aromatic carbocycles. The van der Waals surface area contributed by atoms with Gasteiger partial charge in [-0.3, -0.25) is 4.79 Å². The summed E-state index contributed by atoms with van der Waals surface area (Å²) >= 11 is 0. The van der Waals surface area contributed by atoms with Gasteiger partial charge in [-0.2, -0.15) is 0 Å². The first-order chi connectivity index (χ1) is 12.5. The van der Waals surface area contributed by atoms with Gasteiger partial charge >= 0.3 is 0 Å². The average molecular weight is 357 g/mol. The van der Waals surface area contributed by atoms with Crippen molar-refractivity contribution in [3.63, 3.8) is 0 Å². The van der Waals surface area contributed by atoms with Crippen molar-refractivity contribution >= 4 is 11.9 Å². The molecule has 3 heterocycles. The number of nitrogens with zero attached hydrogens (tertiary/aromatic N) is 4. The maximum Gasteiger partial charge on any atom is 0.255 e. The standard InChI is InChI=1S/C18H23N5O3/c1-12-13(10-20-18(21-12)23(2)3)17(24)22-14-11-25-9-7-15(14)26-16-6-4-5-8-19-16/h4-6,8,10,14-15H,7,9,11H2,1-3H3,(H,22,24)/t14-,15-/m1/s1. The third-order valence-corrected chi connectivity index (χ3v) is 4.13. The molecule has 1 N–H and O–H groups in total. The van der Waals surface area contributed by atoms with Crippen LogP contribution in [0.3, 0.4) is 0 Å². The van der Waals surface area contributed by atoms with E-state index in [4.69, 9.17) is 9.47 Å². The fourth-order valence-electron chi connectivity index (χ4n) is 2.71. The Bertz CT molecular complexity index is 754. The molecule has 1 amide bonds. The van der Waals surface area contributed by atoms with Crippen molar-refractivity contribution < 1.29 is 14.3 Å². The summed E-state index contributed by atoms with van der Waals surface area (Å²) in [5, 5.41) is 2.98. The van der Waals surface area contributed by atoms with Crippen LogP contribution in [0.15, 0.2) is 30.6 Å². The highest BCUT2D eigenvalue weighted by Crippen LogP contribution is 2.17. The molecule has 2 atom stereocenters. The van der Waals surface area contributed by atoms with E-state index in [0.29, 0.717) is 42.7 Å². The van der Waals surface area contributed by atoms with Crippen molar-refractivity contribution in [3.8, 4) is 5.88 Å². The van der Waals surface area contributed by atoms with E-state index in [0.717, 1.165) is 0 Å². The first-order valence-electron chi connectivity index (χ1n) is 8.52. The van der Waals surface area contributed by atoms with Crippen LogP contribution in [0.2, 0.25) is 0 Å². The third-order valence-electron chi connectivity index (χ3n) is 4.13. The molecular weight excluding hydrogens is 334 g/mol. The van der Waals surface area contributed by atoms with Crippen LogP contribution in [0.5, 0.6) is 5.88 Å². The molecule has 0 spiro atoms. The SMILES string of the molecule is Cc1nc(N(C)C)ncc1C(=O)N[C@@H]1COCC[C@H]1Oc1ccccn1. The quantitative estimate of drug-likeness (QED) is 0.860. The Morgan fingerprint density at radius 1 is 1.35 bits per heavy atom. The number of ether oxygens (including phenoxy) is 2. The van der Waals surface area contributed by atoms with E-state index in [2.05, 4.69) is 20.3 Å². The molecule has 2 aromatic heterocycles. The Morgan fingerprint density at radius 2 is 2.19 bits per heavy atom. The summed E-state index contributed by atoms with van der Waals surface area (Å²) in [5.74, 6) is 0.864. The van der Waals surface area contributed by atoms with Crippen LogP contribution in [0.4, 0.5) is 5.95 Å². The summed E-state index contributed by atoms with van der Waals surface area (Å²) < 4.78 is 11.5. The minimum atomic E-state index is -0.272. The molecule has 2 aromatic rings. The van der Waals surface area contributed by atoms with Gasteiger partial charge in [-0.15, -0.1) is 0 Å². The first-order valence-corrected chi connectivity index (χ1v) is 8.52. The van der Waals surface area contributed by atoms with E-state index in [1.54, 1.807) is 30.3 Å². The van der Waals surface area contributed by atoms with Gasteiger partial charge < -0.3 is 19.7 Å². The van der Waals surface area contributed by atoms with Crippen molar-refractivity contribution in [1.82, 2.24) is 20.3 Å². The smallest absolute Gasteiger partial charge is 0.255 e. The lowest BCUT2D eigenvalue weighted by molar-refractivity contribution is -0.00450. The van der Waals surface area contributed by atoms with Gasteiger partial charge in [0.1, 0.15) is 6.10 Å². The molecule has 0 unspecified atom stereocenters. The molecule has 8 nitrogen and oxygen atoms in total. The zero-order valence-corrected chi connectivity index (χ0v) is 15.2. The summed E-state index contributed by atoms with van der Waals surface area (Å²) in [6.07, 6.45) is 3.70. The van der Waals surface area contributed by atoms with E-state index in [-0.39, 0.29) is 18.1 Å². The highest BCUT2D eigenvalue weighted by Gasteiger charge is 2.30. The summed E-state index contributed by atoms with van der Waals surface area (Å²) in [5.41, 5.74) is 1.07. The van der Waals surface area contributed by atoms with Gasteiger partial charge in [0.05, 0.1) is 30.5 Å². The number of rotatable bonds is 5. The van der Waals surface area contributed by atoms with E-state index >= 15 is 0 Å². The predicted molar refractivity (Wildman–Crippen MR) is 96.4 cm³/mol. The van der Waals surface area contributed by atoms with Crippen LogP contribution in [0.25, 0.3) is 0 Å². The molecule has 0 aliphatic carbocycles. The Morgan fingerprint density at radius 3 is 2.88 bits per heavy atom. The fourth-order valence-corrected chi connectivity index (χ4v) is 2.71. The Kier molecular flexibility index (Phi) is 5.62. The highest BCUT2D eigenvalue weighted by atomic mass is 16.5. The van der Waals surface area contributed by atoms with Crippen molar-refractivity contribution in [2.75, 3.05) is 32.2 Å². The Balaban J connectivity index is 1.70. The van der Waals surface area contributed by atoms with Gasteiger partial charge in [0, 0.05) is 39.0 Å². The van der Waals surface area contributed by atoms with Gasteiger partial charge in [0.2, 0.25) is 11.8 Å². The van der Waals surface area contributed by atoms with Crippen molar-refractivity contribution in [1.29, 1.82) is 0 Å². The number of carbonyl (C=O) groups is 1. The van der Waals surface area contributed by atoms with Crippen LogP contribution in [0, 0.1) is 6.92 Å². The summed E-state index contributed by atoms with van der Waals surface area (Å²) in [6, 6.07) is 5.22. The molecule has 1 saturated heterocycles. The van der Waals surface area contributed by atoms with Crippen molar-refractivity contribution in [3.05, 3.63) is 41.9 Å². The molecule has 1 fully saturated rings.